The zero-order chi connectivity index (χ0) is 11.8. The average molecular weight is 232 g/mol. The van der Waals surface area contributed by atoms with Crippen LogP contribution in [0.3, 0.4) is 0 Å². The number of benzene rings is 1. The first-order valence-electron chi connectivity index (χ1n) is 5.31. The maximum Gasteiger partial charge on any atom is 0.0772 e. The van der Waals surface area contributed by atoms with Crippen LogP contribution in [0, 0.1) is 19.3 Å². The van der Waals surface area contributed by atoms with Gasteiger partial charge in [0.05, 0.1) is 10.8 Å². The molecule has 0 bridgehead atoms. The minimum absolute atomic E-state index is 0.779. The molecule has 0 N–H and O–H groups in total. The molecule has 0 aliphatic rings. The number of unbranched alkanes of at least 4 members (excludes halogenated alkanes) is 2. The molecule has 84 valence electrons. The van der Waals surface area contributed by atoms with E-state index in [-0.39, 0.29) is 0 Å². The van der Waals surface area contributed by atoms with Crippen LogP contribution in [0.5, 0.6) is 0 Å². The summed E-state index contributed by atoms with van der Waals surface area (Å²) in [6.45, 7) is 2.02. The summed E-state index contributed by atoms with van der Waals surface area (Å²) in [6, 6.07) is 7.74. The highest BCUT2D eigenvalue weighted by atomic mass is 32.2. The van der Waals surface area contributed by atoms with Gasteiger partial charge in [0.25, 0.3) is 0 Å². The summed E-state index contributed by atoms with van der Waals surface area (Å²) in [5.74, 6) is 2.58. The summed E-state index contributed by atoms with van der Waals surface area (Å²) < 4.78 is 11.8. The number of terminal acetylenes is 1. The van der Waals surface area contributed by atoms with Gasteiger partial charge in [0.15, 0.2) is 0 Å². The van der Waals surface area contributed by atoms with E-state index in [1.165, 1.54) is 5.56 Å². The molecule has 16 heavy (non-hydrogen) atoms. The van der Waals surface area contributed by atoms with Gasteiger partial charge in [-0.05, 0) is 31.9 Å². The molecule has 0 aliphatic carbocycles. The molecule has 1 aromatic rings. The smallest absolute Gasteiger partial charge is 0.0772 e. The maximum absolute atomic E-state index is 11.8. The number of rotatable bonds is 5. The molecule has 0 heterocycles. The van der Waals surface area contributed by atoms with E-state index >= 15 is 0 Å². The molecule has 0 saturated carbocycles. The van der Waals surface area contributed by atoms with Crippen LogP contribution in [-0.4, -0.2) is 4.21 Å². The highest BCUT2D eigenvalue weighted by Crippen LogP contribution is 2.09. The van der Waals surface area contributed by atoms with Gasteiger partial charge in [-0.2, -0.15) is 0 Å². The van der Waals surface area contributed by atoms with E-state index in [9.17, 15) is 4.21 Å². The Kier molecular flexibility index (Phi) is 5.60. The van der Waals surface area contributed by atoms with Crippen LogP contribution < -0.4 is 0 Å². The van der Waals surface area contributed by atoms with Crippen molar-refractivity contribution in [2.45, 2.75) is 31.1 Å². The minimum atomic E-state index is -1.03. The van der Waals surface area contributed by atoms with Gasteiger partial charge in [-0.3, -0.25) is 0 Å². The second-order valence-electron chi connectivity index (χ2n) is 3.58. The predicted octanol–water partition coefficient (Wildman–Crippen LogP) is 3.42. The Morgan fingerprint density at radius 2 is 2.06 bits per heavy atom. The number of aryl methyl sites for hydroxylation is 1. The molecule has 1 atom stereocenters. The van der Waals surface area contributed by atoms with Crippen LogP contribution >= 0.6 is 0 Å². The fourth-order valence-corrected chi connectivity index (χ4v) is 2.10. The van der Waals surface area contributed by atoms with Crippen LogP contribution in [0.2, 0.25) is 0 Å². The van der Waals surface area contributed by atoms with Crippen molar-refractivity contribution in [3.05, 3.63) is 41.3 Å². The molecule has 0 aromatic heterocycles. The number of hydrogen-bond donors (Lipinski definition) is 0. The zero-order valence-corrected chi connectivity index (χ0v) is 10.3. The molecule has 0 fully saturated rings. The van der Waals surface area contributed by atoms with Gasteiger partial charge < -0.3 is 0 Å². The van der Waals surface area contributed by atoms with Crippen LogP contribution in [0.15, 0.2) is 40.6 Å². The van der Waals surface area contributed by atoms with Crippen molar-refractivity contribution in [1.82, 2.24) is 0 Å². The number of hydrogen-bond acceptors (Lipinski definition) is 1. The van der Waals surface area contributed by atoms with E-state index in [0.717, 1.165) is 24.2 Å². The van der Waals surface area contributed by atoms with Crippen LogP contribution in [0.25, 0.3) is 0 Å². The first kappa shape index (κ1) is 12.7. The Labute approximate surface area is 100 Å². The topological polar surface area (TPSA) is 17.1 Å². The monoisotopic (exact) mass is 232 g/mol. The molecule has 1 aromatic carbocycles. The molecule has 0 saturated heterocycles. The second-order valence-corrected chi connectivity index (χ2v) is 4.92. The molecule has 1 nitrogen and oxygen atoms in total. The van der Waals surface area contributed by atoms with Crippen LogP contribution in [-0.2, 0) is 10.8 Å². The largest absolute Gasteiger partial charge is 0.250 e. The standard InChI is InChI=1S/C14H16OS/c1-3-4-5-6-7-12-16(15)14-10-8-13(2)9-11-14/h1,7-12H,4-6H2,2H3/b12-7+. The van der Waals surface area contributed by atoms with E-state index in [1.54, 1.807) is 5.41 Å². The van der Waals surface area contributed by atoms with Gasteiger partial charge in [-0.1, -0.05) is 23.8 Å². The Balaban J connectivity index is 2.46. The van der Waals surface area contributed by atoms with Crippen LogP contribution in [0.1, 0.15) is 24.8 Å². The maximum atomic E-state index is 11.8. The Bertz CT molecular complexity index is 409. The second kappa shape index (κ2) is 7.03. The van der Waals surface area contributed by atoms with Crippen molar-refractivity contribution in [3.8, 4) is 12.3 Å². The third-order valence-corrected chi connectivity index (χ3v) is 3.34. The lowest BCUT2D eigenvalue weighted by atomic mass is 10.2. The molecule has 0 amide bonds. The van der Waals surface area contributed by atoms with Crippen molar-refractivity contribution in [3.63, 3.8) is 0 Å². The summed E-state index contributed by atoms with van der Waals surface area (Å²) in [7, 11) is -1.03. The molecule has 2 heteroatoms. The average Bonchev–Trinajstić information content (AvgIpc) is 2.29. The van der Waals surface area contributed by atoms with Gasteiger partial charge in [0, 0.05) is 16.7 Å². The fraction of sp³-hybridized carbons (Fsp3) is 0.286. The number of allylic oxidation sites excluding steroid dienone is 1. The Morgan fingerprint density at radius 1 is 1.38 bits per heavy atom. The lowest BCUT2D eigenvalue weighted by Crippen LogP contribution is -1.86. The van der Waals surface area contributed by atoms with Crippen molar-refractivity contribution in [2.75, 3.05) is 0 Å². The first-order chi connectivity index (χ1) is 7.74. The summed E-state index contributed by atoms with van der Waals surface area (Å²) in [5.41, 5.74) is 1.18. The highest BCUT2D eigenvalue weighted by molar-refractivity contribution is 7.88. The van der Waals surface area contributed by atoms with Crippen LogP contribution in [0.4, 0.5) is 0 Å². The quantitative estimate of drug-likeness (QED) is 0.561. The van der Waals surface area contributed by atoms with Gasteiger partial charge in [0.1, 0.15) is 0 Å². The van der Waals surface area contributed by atoms with Gasteiger partial charge in [-0.15, -0.1) is 12.3 Å². The lowest BCUT2D eigenvalue weighted by Gasteiger charge is -1.97. The first-order valence-corrected chi connectivity index (χ1v) is 6.52. The summed E-state index contributed by atoms with van der Waals surface area (Å²) in [6.07, 6.45) is 9.71. The molecular weight excluding hydrogens is 216 g/mol. The van der Waals surface area contributed by atoms with E-state index in [1.807, 2.05) is 37.3 Å². The van der Waals surface area contributed by atoms with E-state index in [0.29, 0.717) is 0 Å². The zero-order valence-electron chi connectivity index (χ0n) is 9.48. The molecule has 1 rings (SSSR count). The highest BCUT2D eigenvalue weighted by Gasteiger charge is 1.97. The summed E-state index contributed by atoms with van der Waals surface area (Å²) in [5, 5.41) is 1.74. The molecular formula is C14H16OS. The van der Waals surface area contributed by atoms with Gasteiger partial charge in [-0.25, -0.2) is 4.21 Å². The van der Waals surface area contributed by atoms with Gasteiger partial charge >= 0.3 is 0 Å². The molecule has 0 spiro atoms. The predicted molar refractivity (Wildman–Crippen MR) is 69.4 cm³/mol. The SMILES string of the molecule is C#CCCC/C=C/S(=O)c1ccc(C)cc1. The van der Waals surface area contributed by atoms with Crippen molar-refractivity contribution < 1.29 is 4.21 Å². The molecule has 0 aliphatic heterocycles. The van der Waals surface area contributed by atoms with Crippen molar-refractivity contribution in [2.24, 2.45) is 0 Å². The third kappa shape index (κ3) is 4.46. The Hall–Kier alpha value is -1.33. The fourth-order valence-electron chi connectivity index (χ4n) is 1.23. The summed E-state index contributed by atoms with van der Waals surface area (Å²) >= 11 is 0. The molecule has 0 radical (unpaired) electrons. The summed E-state index contributed by atoms with van der Waals surface area (Å²) in [4.78, 5) is 0.846. The Morgan fingerprint density at radius 3 is 2.69 bits per heavy atom. The minimum Gasteiger partial charge on any atom is -0.250 e. The van der Waals surface area contributed by atoms with E-state index in [4.69, 9.17) is 6.42 Å². The van der Waals surface area contributed by atoms with E-state index in [2.05, 4.69) is 5.92 Å². The third-order valence-electron chi connectivity index (χ3n) is 2.17. The normalized spacial score (nSPS) is 12.5. The van der Waals surface area contributed by atoms with Crippen molar-refractivity contribution in [1.29, 1.82) is 0 Å². The lowest BCUT2D eigenvalue weighted by molar-refractivity contribution is 0.688. The van der Waals surface area contributed by atoms with E-state index < -0.39 is 10.8 Å². The van der Waals surface area contributed by atoms with Crippen molar-refractivity contribution >= 4 is 10.8 Å². The van der Waals surface area contributed by atoms with Gasteiger partial charge in [0.2, 0.25) is 0 Å². The molecule has 1 unspecified atom stereocenters.